The fourth-order valence-corrected chi connectivity index (χ4v) is 2.13. The van der Waals surface area contributed by atoms with Crippen molar-refractivity contribution in [3.05, 3.63) is 59.9 Å². The van der Waals surface area contributed by atoms with Crippen LogP contribution in [0.3, 0.4) is 0 Å². The van der Waals surface area contributed by atoms with Gasteiger partial charge in [0.05, 0.1) is 23.5 Å². The van der Waals surface area contributed by atoms with Crippen molar-refractivity contribution >= 4 is 10.8 Å². The van der Waals surface area contributed by atoms with Crippen LogP contribution < -0.4 is 0 Å². The van der Waals surface area contributed by atoms with E-state index >= 15 is 0 Å². The molecule has 3 nitrogen and oxygen atoms in total. The highest BCUT2D eigenvalue weighted by Gasteiger charge is 2.07. The highest BCUT2D eigenvalue weighted by Crippen LogP contribution is 2.25. The first-order valence-electron chi connectivity index (χ1n) is 5.73. The van der Waals surface area contributed by atoms with Crippen molar-refractivity contribution < 1.29 is 0 Å². The maximum Gasteiger partial charge on any atom is 0.0998 e. The Hall–Kier alpha value is -2.60. The summed E-state index contributed by atoms with van der Waals surface area (Å²) in [5, 5.41) is 15.5. The third-order valence-electron chi connectivity index (χ3n) is 2.98. The highest BCUT2D eigenvalue weighted by molar-refractivity contribution is 5.94. The number of hydrogen-bond acceptors (Lipinski definition) is 2. The molecule has 0 bridgehead atoms. The van der Waals surface area contributed by atoms with E-state index in [0.717, 1.165) is 22.0 Å². The van der Waals surface area contributed by atoms with Crippen LogP contribution in [0.4, 0.5) is 0 Å². The average molecular weight is 233 g/mol. The van der Waals surface area contributed by atoms with Gasteiger partial charge in [0.15, 0.2) is 0 Å². The molecule has 3 rings (SSSR count). The Balaban J connectivity index is 2.35. The predicted octanol–water partition coefficient (Wildman–Crippen LogP) is 3.21. The van der Waals surface area contributed by atoms with Crippen LogP contribution in [-0.4, -0.2) is 9.78 Å². The molecule has 0 N–H and O–H groups in total. The Bertz CT molecular complexity index is 763. The van der Waals surface area contributed by atoms with Crippen LogP contribution in [-0.2, 0) is 0 Å². The van der Waals surface area contributed by atoms with Gasteiger partial charge in [0.2, 0.25) is 0 Å². The number of hydrogen-bond donors (Lipinski definition) is 0. The Morgan fingerprint density at radius 3 is 2.56 bits per heavy atom. The first-order valence-corrected chi connectivity index (χ1v) is 5.73. The molecule has 0 aliphatic rings. The number of fused-ring (bicyclic) bond motifs is 1. The van der Waals surface area contributed by atoms with Crippen molar-refractivity contribution in [1.82, 2.24) is 9.78 Å². The molecule has 0 amide bonds. The summed E-state index contributed by atoms with van der Waals surface area (Å²) in [5.74, 6) is 0. The fraction of sp³-hybridized carbons (Fsp3) is 0.0667. The average Bonchev–Trinajstić information content (AvgIpc) is 2.84. The topological polar surface area (TPSA) is 41.6 Å². The quantitative estimate of drug-likeness (QED) is 0.647. The van der Waals surface area contributed by atoms with E-state index in [1.54, 1.807) is 0 Å². The Labute approximate surface area is 105 Å². The second kappa shape index (κ2) is 4.01. The van der Waals surface area contributed by atoms with Crippen molar-refractivity contribution in [2.24, 2.45) is 0 Å². The SMILES string of the molecule is Cc1cnn(-c2ccc(C#N)c3ccccc23)c1. The van der Waals surface area contributed by atoms with E-state index in [1.807, 2.05) is 60.4 Å². The van der Waals surface area contributed by atoms with Gasteiger partial charge in [-0.2, -0.15) is 10.4 Å². The molecule has 0 saturated carbocycles. The minimum absolute atomic E-state index is 0.693. The zero-order valence-corrected chi connectivity index (χ0v) is 9.96. The minimum atomic E-state index is 0.693. The lowest BCUT2D eigenvalue weighted by Gasteiger charge is -2.07. The molecule has 1 heterocycles. The van der Waals surface area contributed by atoms with E-state index in [4.69, 9.17) is 5.26 Å². The molecular weight excluding hydrogens is 222 g/mol. The van der Waals surface area contributed by atoms with Gasteiger partial charge < -0.3 is 0 Å². The lowest BCUT2D eigenvalue weighted by atomic mass is 10.0. The largest absolute Gasteiger partial charge is 0.240 e. The number of aryl methyl sites for hydroxylation is 1. The van der Waals surface area contributed by atoms with Crippen LogP contribution in [0, 0.1) is 18.3 Å². The van der Waals surface area contributed by atoms with E-state index in [9.17, 15) is 0 Å². The van der Waals surface area contributed by atoms with Gasteiger partial charge in [-0.3, -0.25) is 0 Å². The van der Waals surface area contributed by atoms with Gasteiger partial charge in [-0.15, -0.1) is 0 Å². The molecule has 0 unspecified atom stereocenters. The summed E-state index contributed by atoms with van der Waals surface area (Å²) >= 11 is 0. The van der Waals surface area contributed by atoms with Crippen molar-refractivity contribution in [3.63, 3.8) is 0 Å². The van der Waals surface area contributed by atoms with Crippen molar-refractivity contribution in [2.75, 3.05) is 0 Å². The van der Waals surface area contributed by atoms with Gasteiger partial charge >= 0.3 is 0 Å². The molecule has 0 aliphatic carbocycles. The molecular formula is C15H11N3. The summed E-state index contributed by atoms with van der Waals surface area (Å²) in [6, 6.07) is 13.9. The third-order valence-corrected chi connectivity index (χ3v) is 2.98. The molecule has 0 saturated heterocycles. The van der Waals surface area contributed by atoms with E-state index in [0.29, 0.717) is 5.56 Å². The first kappa shape index (κ1) is 10.5. The van der Waals surface area contributed by atoms with Gasteiger partial charge in [0.1, 0.15) is 0 Å². The van der Waals surface area contributed by atoms with E-state index < -0.39 is 0 Å². The second-order valence-electron chi connectivity index (χ2n) is 4.25. The maximum atomic E-state index is 9.13. The van der Waals surface area contributed by atoms with Crippen LogP contribution in [0.1, 0.15) is 11.1 Å². The summed E-state index contributed by atoms with van der Waals surface area (Å²) in [6.07, 6.45) is 3.81. The zero-order chi connectivity index (χ0) is 12.5. The lowest BCUT2D eigenvalue weighted by molar-refractivity contribution is 0.887. The molecule has 0 spiro atoms. The number of nitrogens with zero attached hydrogens (tertiary/aromatic N) is 3. The van der Waals surface area contributed by atoms with Crippen molar-refractivity contribution in [3.8, 4) is 11.8 Å². The molecule has 3 aromatic rings. The van der Waals surface area contributed by atoms with E-state index in [1.165, 1.54) is 0 Å². The predicted molar refractivity (Wildman–Crippen MR) is 70.5 cm³/mol. The fourth-order valence-electron chi connectivity index (χ4n) is 2.13. The highest BCUT2D eigenvalue weighted by atomic mass is 15.3. The van der Waals surface area contributed by atoms with E-state index in [-0.39, 0.29) is 0 Å². The molecule has 86 valence electrons. The van der Waals surface area contributed by atoms with Gasteiger partial charge in [-0.25, -0.2) is 4.68 Å². The molecule has 0 aliphatic heterocycles. The van der Waals surface area contributed by atoms with Crippen LogP contribution >= 0.6 is 0 Å². The normalized spacial score (nSPS) is 10.4. The Kier molecular flexibility index (Phi) is 2.35. The second-order valence-corrected chi connectivity index (χ2v) is 4.25. The maximum absolute atomic E-state index is 9.13. The molecule has 1 aromatic heterocycles. The van der Waals surface area contributed by atoms with Gasteiger partial charge in [0.25, 0.3) is 0 Å². The minimum Gasteiger partial charge on any atom is -0.240 e. The summed E-state index contributed by atoms with van der Waals surface area (Å²) in [6.45, 7) is 2.01. The molecule has 2 aromatic carbocycles. The standard InChI is InChI=1S/C15H11N3/c1-11-9-17-18(10-11)15-7-6-12(8-16)13-4-2-3-5-14(13)15/h2-7,9-10H,1H3. The number of rotatable bonds is 1. The van der Waals surface area contributed by atoms with Gasteiger partial charge in [0, 0.05) is 17.0 Å². The molecule has 18 heavy (non-hydrogen) atoms. The molecule has 3 heteroatoms. The van der Waals surface area contributed by atoms with Crippen LogP contribution in [0.2, 0.25) is 0 Å². The van der Waals surface area contributed by atoms with Crippen LogP contribution in [0.5, 0.6) is 0 Å². The van der Waals surface area contributed by atoms with Crippen molar-refractivity contribution in [2.45, 2.75) is 6.92 Å². The monoisotopic (exact) mass is 233 g/mol. The zero-order valence-electron chi connectivity index (χ0n) is 9.96. The molecule has 0 fully saturated rings. The number of nitriles is 1. The number of benzene rings is 2. The third kappa shape index (κ3) is 1.56. The smallest absolute Gasteiger partial charge is 0.0998 e. The van der Waals surface area contributed by atoms with E-state index in [2.05, 4.69) is 11.2 Å². The van der Waals surface area contributed by atoms with Crippen LogP contribution in [0.15, 0.2) is 48.8 Å². The molecule has 0 atom stereocenters. The molecule has 0 radical (unpaired) electrons. The number of aromatic nitrogens is 2. The summed E-state index contributed by atoms with van der Waals surface area (Å²) in [4.78, 5) is 0. The van der Waals surface area contributed by atoms with Gasteiger partial charge in [-0.05, 0) is 24.6 Å². The summed E-state index contributed by atoms with van der Waals surface area (Å²) in [5.41, 5.74) is 2.80. The summed E-state index contributed by atoms with van der Waals surface area (Å²) < 4.78 is 1.85. The first-order chi connectivity index (χ1) is 8.79. The van der Waals surface area contributed by atoms with Crippen LogP contribution in [0.25, 0.3) is 16.5 Å². The van der Waals surface area contributed by atoms with Crippen molar-refractivity contribution in [1.29, 1.82) is 5.26 Å². The van der Waals surface area contributed by atoms with Gasteiger partial charge in [-0.1, -0.05) is 24.3 Å². The Morgan fingerprint density at radius 2 is 1.89 bits per heavy atom. The Morgan fingerprint density at radius 1 is 1.11 bits per heavy atom. The summed E-state index contributed by atoms with van der Waals surface area (Å²) in [7, 11) is 0. The lowest BCUT2D eigenvalue weighted by Crippen LogP contribution is -1.96.